The maximum atomic E-state index is 12.4. The highest BCUT2D eigenvalue weighted by molar-refractivity contribution is 7.89. The SMILES string of the molecule is CC(O)C1CCN(S(=O)(=O)CC2CCCCN2)CC1. The smallest absolute Gasteiger partial charge is 0.215 e. The largest absolute Gasteiger partial charge is 0.393 e. The minimum absolute atomic E-state index is 0.119. The summed E-state index contributed by atoms with van der Waals surface area (Å²) in [4.78, 5) is 0. The van der Waals surface area contributed by atoms with E-state index < -0.39 is 10.0 Å². The van der Waals surface area contributed by atoms with Gasteiger partial charge in [0, 0.05) is 19.1 Å². The van der Waals surface area contributed by atoms with Gasteiger partial charge in [-0.25, -0.2) is 12.7 Å². The predicted molar refractivity (Wildman–Crippen MR) is 75.4 cm³/mol. The van der Waals surface area contributed by atoms with Crippen LogP contribution in [0.3, 0.4) is 0 Å². The molecule has 0 bridgehead atoms. The van der Waals surface area contributed by atoms with Gasteiger partial charge in [0.2, 0.25) is 10.0 Å². The van der Waals surface area contributed by atoms with Crippen molar-refractivity contribution in [3.05, 3.63) is 0 Å². The van der Waals surface area contributed by atoms with Crippen molar-refractivity contribution < 1.29 is 13.5 Å². The van der Waals surface area contributed by atoms with E-state index in [1.807, 2.05) is 0 Å². The molecule has 2 aliphatic heterocycles. The molecule has 0 saturated carbocycles. The first-order valence-corrected chi connectivity index (χ1v) is 8.99. The van der Waals surface area contributed by atoms with Crippen LogP contribution in [-0.2, 0) is 10.0 Å². The fourth-order valence-electron chi connectivity index (χ4n) is 3.06. The zero-order chi connectivity index (χ0) is 13.9. The highest BCUT2D eigenvalue weighted by Gasteiger charge is 2.31. The number of aliphatic hydroxyl groups is 1. The molecule has 0 amide bonds. The van der Waals surface area contributed by atoms with Crippen molar-refractivity contribution in [3.8, 4) is 0 Å². The summed E-state index contributed by atoms with van der Waals surface area (Å²) < 4.78 is 26.3. The van der Waals surface area contributed by atoms with Gasteiger partial charge in [0.1, 0.15) is 0 Å². The second-order valence-corrected chi connectivity index (χ2v) is 7.92. The maximum Gasteiger partial charge on any atom is 0.215 e. The van der Waals surface area contributed by atoms with E-state index in [4.69, 9.17) is 0 Å². The van der Waals surface area contributed by atoms with Crippen LogP contribution < -0.4 is 5.32 Å². The molecular formula is C13H26N2O3S. The molecule has 2 atom stereocenters. The van der Waals surface area contributed by atoms with Crippen LogP contribution in [0.25, 0.3) is 0 Å². The molecule has 0 aliphatic carbocycles. The molecule has 0 aromatic rings. The highest BCUT2D eigenvalue weighted by Crippen LogP contribution is 2.23. The standard InChI is InChI=1S/C13H26N2O3S/c1-11(16)12-5-8-15(9-6-12)19(17,18)10-13-4-2-3-7-14-13/h11-14,16H,2-10H2,1H3. The maximum absolute atomic E-state index is 12.4. The van der Waals surface area contributed by atoms with E-state index in [0.29, 0.717) is 13.1 Å². The van der Waals surface area contributed by atoms with Gasteiger partial charge < -0.3 is 10.4 Å². The summed E-state index contributed by atoms with van der Waals surface area (Å²) in [6, 6.07) is 0.119. The highest BCUT2D eigenvalue weighted by atomic mass is 32.2. The van der Waals surface area contributed by atoms with Crippen molar-refractivity contribution in [2.75, 3.05) is 25.4 Å². The second kappa shape index (κ2) is 6.52. The molecule has 0 radical (unpaired) electrons. The van der Waals surface area contributed by atoms with Crippen LogP contribution in [0.1, 0.15) is 39.0 Å². The third-order valence-electron chi connectivity index (χ3n) is 4.40. The Morgan fingerprint density at radius 1 is 1.26 bits per heavy atom. The summed E-state index contributed by atoms with van der Waals surface area (Å²) in [6.45, 7) is 3.85. The normalized spacial score (nSPS) is 29.3. The lowest BCUT2D eigenvalue weighted by Gasteiger charge is -2.34. The molecule has 2 aliphatic rings. The number of rotatable bonds is 4. The number of nitrogens with zero attached hydrogens (tertiary/aromatic N) is 1. The van der Waals surface area contributed by atoms with Gasteiger partial charge in [0.25, 0.3) is 0 Å². The van der Waals surface area contributed by atoms with Crippen LogP contribution in [0.15, 0.2) is 0 Å². The summed E-state index contributed by atoms with van der Waals surface area (Å²) >= 11 is 0. The Labute approximate surface area is 116 Å². The van der Waals surface area contributed by atoms with Crippen LogP contribution in [0.2, 0.25) is 0 Å². The number of nitrogens with one attached hydrogen (secondary N) is 1. The molecule has 0 aromatic heterocycles. The van der Waals surface area contributed by atoms with Gasteiger partial charge >= 0.3 is 0 Å². The summed E-state index contributed by atoms with van der Waals surface area (Å²) in [6.07, 6.45) is 4.45. The van der Waals surface area contributed by atoms with E-state index in [2.05, 4.69) is 5.32 Å². The molecule has 0 aromatic carbocycles. The van der Waals surface area contributed by atoms with Gasteiger partial charge in [0.05, 0.1) is 11.9 Å². The van der Waals surface area contributed by atoms with Gasteiger partial charge in [0.15, 0.2) is 0 Å². The first kappa shape index (κ1) is 15.2. The Balaban J connectivity index is 1.86. The van der Waals surface area contributed by atoms with Crippen LogP contribution in [0.4, 0.5) is 0 Å². The second-order valence-electron chi connectivity index (χ2n) is 5.90. The van der Waals surface area contributed by atoms with Crippen molar-refractivity contribution in [3.63, 3.8) is 0 Å². The third kappa shape index (κ3) is 4.15. The number of hydrogen-bond donors (Lipinski definition) is 2. The van der Waals surface area contributed by atoms with Gasteiger partial charge in [-0.15, -0.1) is 0 Å². The summed E-state index contributed by atoms with van der Waals surface area (Å²) in [5.74, 6) is 0.478. The fourth-order valence-corrected chi connectivity index (χ4v) is 4.83. The van der Waals surface area contributed by atoms with E-state index in [1.165, 1.54) is 0 Å². The van der Waals surface area contributed by atoms with Crippen molar-refractivity contribution in [2.45, 2.75) is 51.2 Å². The molecule has 2 heterocycles. The monoisotopic (exact) mass is 290 g/mol. The molecular weight excluding hydrogens is 264 g/mol. The molecule has 5 nitrogen and oxygen atoms in total. The topological polar surface area (TPSA) is 69.6 Å². The lowest BCUT2D eigenvalue weighted by molar-refractivity contribution is 0.0911. The predicted octanol–water partition coefficient (Wildman–Crippen LogP) is 0.551. The first-order chi connectivity index (χ1) is 8.99. The molecule has 2 saturated heterocycles. The summed E-state index contributed by atoms with van der Waals surface area (Å²) in [5.41, 5.74) is 0. The molecule has 2 rings (SSSR count). The van der Waals surface area contributed by atoms with E-state index in [1.54, 1.807) is 11.2 Å². The lowest BCUT2D eigenvalue weighted by Crippen LogP contribution is -2.47. The molecule has 112 valence electrons. The summed E-state index contributed by atoms with van der Waals surface area (Å²) in [5, 5.41) is 12.8. The van der Waals surface area contributed by atoms with Gasteiger partial charge in [-0.1, -0.05) is 6.42 Å². The van der Waals surface area contributed by atoms with Crippen LogP contribution in [0, 0.1) is 5.92 Å². The minimum Gasteiger partial charge on any atom is -0.393 e. The quantitative estimate of drug-likeness (QED) is 0.793. The zero-order valence-electron chi connectivity index (χ0n) is 11.7. The Kier molecular flexibility index (Phi) is 5.22. The molecule has 2 N–H and O–H groups in total. The Morgan fingerprint density at radius 3 is 2.47 bits per heavy atom. The average molecular weight is 290 g/mol. The molecule has 6 heteroatoms. The minimum atomic E-state index is -3.14. The third-order valence-corrected chi connectivity index (χ3v) is 6.37. The molecule has 19 heavy (non-hydrogen) atoms. The Hall–Kier alpha value is -0.170. The Morgan fingerprint density at radius 2 is 1.95 bits per heavy atom. The van der Waals surface area contributed by atoms with Crippen LogP contribution >= 0.6 is 0 Å². The zero-order valence-corrected chi connectivity index (χ0v) is 12.5. The number of sulfonamides is 1. The van der Waals surface area contributed by atoms with E-state index >= 15 is 0 Å². The average Bonchev–Trinajstić information content (AvgIpc) is 2.39. The number of aliphatic hydroxyl groups excluding tert-OH is 1. The number of hydrogen-bond acceptors (Lipinski definition) is 4. The van der Waals surface area contributed by atoms with E-state index in [0.717, 1.165) is 38.6 Å². The van der Waals surface area contributed by atoms with Gasteiger partial charge in [-0.2, -0.15) is 0 Å². The molecule has 2 unspecified atom stereocenters. The molecule has 2 fully saturated rings. The van der Waals surface area contributed by atoms with Crippen LogP contribution in [-0.4, -0.2) is 55.4 Å². The van der Waals surface area contributed by atoms with Crippen molar-refractivity contribution >= 4 is 10.0 Å². The Bertz CT molecular complexity index is 369. The lowest BCUT2D eigenvalue weighted by atomic mass is 9.93. The van der Waals surface area contributed by atoms with Crippen molar-refractivity contribution in [1.29, 1.82) is 0 Å². The first-order valence-electron chi connectivity index (χ1n) is 7.38. The van der Waals surface area contributed by atoms with E-state index in [9.17, 15) is 13.5 Å². The van der Waals surface area contributed by atoms with Gasteiger partial charge in [-0.05, 0) is 45.1 Å². The van der Waals surface area contributed by atoms with E-state index in [-0.39, 0.29) is 23.8 Å². The van der Waals surface area contributed by atoms with Crippen LogP contribution in [0.5, 0.6) is 0 Å². The summed E-state index contributed by atoms with van der Waals surface area (Å²) in [7, 11) is -3.14. The fraction of sp³-hybridized carbons (Fsp3) is 1.00. The van der Waals surface area contributed by atoms with Crippen molar-refractivity contribution in [1.82, 2.24) is 9.62 Å². The number of piperidine rings is 2. The van der Waals surface area contributed by atoms with Gasteiger partial charge in [-0.3, -0.25) is 0 Å². The van der Waals surface area contributed by atoms with Crippen molar-refractivity contribution in [2.24, 2.45) is 5.92 Å². The molecule has 0 spiro atoms.